The average Bonchev–Trinajstić information content (AvgIpc) is 3.18. The molecule has 0 N–H and O–H groups in total. The molecule has 102 valence electrons. The van der Waals surface area contributed by atoms with E-state index >= 15 is 0 Å². The summed E-state index contributed by atoms with van der Waals surface area (Å²) in [5, 5.41) is 4.68. The van der Waals surface area contributed by atoms with E-state index in [9.17, 15) is 0 Å². The minimum Gasteiger partial charge on any atom is -0.356 e. The van der Waals surface area contributed by atoms with Gasteiger partial charge in [-0.05, 0) is 24.3 Å². The van der Waals surface area contributed by atoms with Crippen LogP contribution in [0.25, 0.3) is 21.2 Å². The highest BCUT2D eigenvalue weighted by molar-refractivity contribution is 7.16. The molecular formula is C16H16N2OS. The van der Waals surface area contributed by atoms with Crippen molar-refractivity contribution in [3.05, 3.63) is 60.2 Å². The Kier molecular flexibility index (Phi) is 5.26. The van der Waals surface area contributed by atoms with Crippen LogP contribution in [0.1, 0.15) is 13.8 Å². The summed E-state index contributed by atoms with van der Waals surface area (Å²) in [7, 11) is 0. The predicted molar refractivity (Wildman–Crippen MR) is 85.0 cm³/mol. The maximum Gasteiger partial charge on any atom is 0.166 e. The second-order valence-corrected chi connectivity index (χ2v) is 4.57. The van der Waals surface area contributed by atoms with Gasteiger partial charge in [0.05, 0.1) is 21.9 Å². The van der Waals surface area contributed by atoms with Gasteiger partial charge in [0.2, 0.25) is 0 Å². The first-order chi connectivity index (χ1) is 9.93. The molecule has 4 heteroatoms. The lowest BCUT2D eigenvalue weighted by atomic mass is 10.3. The summed E-state index contributed by atoms with van der Waals surface area (Å²) in [6.07, 6.45) is 1.70. The van der Waals surface area contributed by atoms with E-state index < -0.39 is 0 Å². The number of para-hydroxylation sites is 2. The minimum atomic E-state index is 0.845. The molecule has 0 radical (unpaired) electrons. The summed E-state index contributed by atoms with van der Waals surface area (Å²) in [5.41, 5.74) is 3.81. The van der Waals surface area contributed by atoms with Crippen LogP contribution in [0.3, 0.4) is 0 Å². The molecule has 0 spiro atoms. The number of fused-ring (bicyclic) bond motifs is 2. The van der Waals surface area contributed by atoms with Crippen molar-refractivity contribution in [2.45, 2.75) is 13.8 Å². The van der Waals surface area contributed by atoms with Gasteiger partial charge in [0, 0.05) is 5.39 Å². The van der Waals surface area contributed by atoms with Crippen LogP contribution >= 0.6 is 11.3 Å². The quantitative estimate of drug-likeness (QED) is 0.448. The van der Waals surface area contributed by atoms with Crippen molar-refractivity contribution in [2.75, 3.05) is 0 Å². The molecule has 0 aliphatic heterocycles. The lowest BCUT2D eigenvalue weighted by Gasteiger charge is -1.80. The van der Waals surface area contributed by atoms with Crippen molar-refractivity contribution in [3.8, 4) is 0 Å². The summed E-state index contributed by atoms with van der Waals surface area (Å²) >= 11 is 1.68. The van der Waals surface area contributed by atoms with Gasteiger partial charge in [-0.15, -0.1) is 11.3 Å². The molecule has 4 rings (SSSR count). The topological polar surface area (TPSA) is 38.9 Å². The first kappa shape index (κ1) is 14.2. The minimum absolute atomic E-state index is 0.845. The van der Waals surface area contributed by atoms with E-state index in [0.717, 1.165) is 16.5 Å². The molecule has 3 nitrogen and oxygen atoms in total. The van der Waals surface area contributed by atoms with Gasteiger partial charge in [0.25, 0.3) is 0 Å². The van der Waals surface area contributed by atoms with Crippen molar-refractivity contribution < 1.29 is 4.52 Å². The summed E-state index contributed by atoms with van der Waals surface area (Å²) in [6.45, 7) is 4.00. The number of thiazole rings is 1. The Hall–Kier alpha value is -2.20. The predicted octanol–water partition coefficient (Wildman–Crippen LogP) is 5.15. The molecule has 0 saturated heterocycles. The zero-order valence-electron chi connectivity index (χ0n) is 11.5. The molecule has 20 heavy (non-hydrogen) atoms. The Labute approximate surface area is 121 Å². The summed E-state index contributed by atoms with van der Waals surface area (Å²) in [6, 6.07) is 15.9. The van der Waals surface area contributed by atoms with Crippen LogP contribution in [0.15, 0.2) is 64.8 Å². The largest absolute Gasteiger partial charge is 0.356 e. The molecule has 2 heterocycles. The Morgan fingerprint density at radius 2 is 1.70 bits per heavy atom. The summed E-state index contributed by atoms with van der Waals surface area (Å²) < 4.78 is 6.13. The Morgan fingerprint density at radius 3 is 2.50 bits per heavy atom. The highest BCUT2D eigenvalue weighted by Crippen LogP contribution is 2.15. The Balaban J connectivity index is 0.000000131. The Bertz CT molecular complexity index is 634. The third kappa shape index (κ3) is 3.42. The van der Waals surface area contributed by atoms with Crippen molar-refractivity contribution in [3.63, 3.8) is 0 Å². The monoisotopic (exact) mass is 284 g/mol. The van der Waals surface area contributed by atoms with E-state index in [-0.39, 0.29) is 0 Å². The second-order valence-electron chi connectivity index (χ2n) is 3.68. The first-order valence-electron chi connectivity index (χ1n) is 6.51. The van der Waals surface area contributed by atoms with E-state index in [1.807, 2.05) is 61.8 Å². The maximum atomic E-state index is 4.87. The van der Waals surface area contributed by atoms with Gasteiger partial charge >= 0.3 is 0 Å². The van der Waals surface area contributed by atoms with Crippen LogP contribution in [0.2, 0.25) is 0 Å². The number of aromatic nitrogens is 2. The standard InChI is InChI=1S/C7H5NO.C7H5NS.C2H6/c1-2-4-7-6(3-1)5-8-9-7;1-2-4-7-6(3-1)8-5-9-7;1-2/h2*1-5H;1-2H3. The molecule has 0 saturated carbocycles. The van der Waals surface area contributed by atoms with Gasteiger partial charge in [0.1, 0.15) is 0 Å². The average molecular weight is 284 g/mol. The summed E-state index contributed by atoms with van der Waals surface area (Å²) in [4.78, 5) is 4.14. The van der Waals surface area contributed by atoms with Gasteiger partial charge in [-0.25, -0.2) is 4.98 Å². The van der Waals surface area contributed by atoms with Crippen LogP contribution in [-0.4, -0.2) is 10.1 Å². The van der Waals surface area contributed by atoms with Crippen LogP contribution < -0.4 is 0 Å². The molecule has 2 aromatic carbocycles. The van der Waals surface area contributed by atoms with Crippen molar-refractivity contribution in [1.82, 2.24) is 10.1 Å². The molecule has 0 aliphatic rings. The number of hydrogen-bond acceptors (Lipinski definition) is 4. The first-order valence-corrected chi connectivity index (χ1v) is 7.39. The molecule has 0 aliphatic carbocycles. The smallest absolute Gasteiger partial charge is 0.166 e. The van der Waals surface area contributed by atoms with Crippen LogP contribution in [0.4, 0.5) is 0 Å². The van der Waals surface area contributed by atoms with Gasteiger partial charge < -0.3 is 4.52 Å². The van der Waals surface area contributed by atoms with E-state index in [1.54, 1.807) is 17.5 Å². The molecule has 0 atom stereocenters. The normalized spacial score (nSPS) is 9.50. The fourth-order valence-electron chi connectivity index (χ4n) is 1.61. The molecule has 0 fully saturated rings. The fraction of sp³-hybridized carbons (Fsp3) is 0.125. The van der Waals surface area contributed by atoms with Gasteiger partial charge in [-0.3, -0.25) is 0 Å². The SMILES string of the molecule is CC.c1ccc2oncc2c1.c1ccc2scnc2c1. The molecule has 0 unspecified atom stereocenters. The maximum absolute atomic E-state index is 4.87. The van der Waals surface area contributed by atoms with Gasteiger partial charge in [-0.2, -0.15) is 0 Å². The highest BCUT2D eigenvalue weighted by Gasteiger charge is 1.91. The van der Waals surface area contributed by atoms with E-state index in [2.05, 4.69) is 16.2 Å². The summed E-state index contributed by atoms with van der Waals surface area (Å²) in [5.74, 6) is 0. The van der Waals surface area contributed by atoms with E-state index in [4.69, 9.17) is 4.52 Å². The number of nitrogens with zero attached hydrogens (tertiary/aromatic N) is 2. The van der Waals surface area contributed by atoms with Gasteiger partial charge in [0.15, 0.2) is 5.58 Å². The van der Waals surface area contributed by atoms with E-state index in [1.165, 1.54) is 4.70 Å². The Morgan fingerprint density at radius 1 is 0.950 bits per heavy atom. The fourth-order valence-corrected chi connectivity index (χ4v) is 2.29. The van der Waals surface area contributed by atoms with E-state index in [0.29, 0.717) is 0 Å². The number of hydrogen-bond donors (Lipinski definition) is 0. The molecule has 0 bridgehead atoms. The van der Waals surface area contributed by atoms with Crippen LogP contribution in [0, 0.1) is 0 Å². The third-order valence-corrected chi connectivity index (χ3v) is 3.31. The number of benzene rings is 2. The van der Waals surface area contributed by atoms with Crippen LogP contribution in [0.5, 0.6) is 0 Å². The molecule has 2 aromatic heterocycles. The number of rotatable bonds is 0. The van der Waals surface area contributed by atoms with Crippen molar-refractivity contribution >= 4 is 32.5 Å². The third-order valence-electron chi connectivity index (χ3n) is 2.50. The zero-order chi connectivity index (χ0) is 14.2. The molecule has 0 amide bonds. The van der Waals surface area contributed by atoms with Gasteiger partial charge in [-0.1, -0.05) is 43.3 Å². The molecule has 4 aromatic rings. The highest BCUT2D eigenvalue weighted by atomic mass is 32.1. The second kappa shape index (κ2) is 7.40. The molecular weight excluding hydrogens is 268 g/mol. The van der Waals surface area contributed by atoms with Crippen LogP contribution in [-0.2, 0) is 0 Å². The lowest BCUT2D eigenvalue weighted by molar-refractivity contribution is 0.456. The van der Waals surface area contributed by atoms with Crippen molar-refractivity contribution in [1.29, 1.82) is 0 Å². The lowest BCUT2D eigenvalue weighted by Crippen LogP contribution is -1.61. The zero-order valence-corrected chi connectivity index (χ0v) is 12.3. The van der Waals surface area contributed by atoms with Crippen molar-refractivity contribution in [2.24, 2.45) is 0 Å².